The zero-order valence-electron chi connectivity index (χ0n) is 13.2. The van der Waals surface area contributed by atoms with Crippen molar-refractivity contribution >= 4 is 37.5 Å². The van der Waals surface area contributed by atoms with Crippen LogP contribution >= 0.6 is 15.9 Å². The average Bonchev–Trinajstić information content (AvgIpc) is 2.58. The fourth-order valence-corrected chi connectivity index (χ4v) is 3.98. The summed E-state index contributed by atoms with van der Waals surface area (Å²) >= 11 is 3.85. The summed E-state index contributed by atoms with van der Waals surface area (Å²) in [6.45, 7) is 4.37. The number of hydrogen-bond donors (Lipinski definition) is 0. The molecule has 0 heterocycles. The Morgan fingerprint density at radius 2 is 1.17 bits per heavy atom. The Kier molecular flexibility index (Phi) is 3.46. The maximum Gasteiger partial charge on any atom is 0.0332 e. The van der Waals surface area contributed by atoms with Crippen LogP contribution in [0.2, 0.25) is 0 Å². The van der Waals surface area contributed by atoms with E-state index in [1.165, 1.54) is 48.3 Å². The molecule has 0 aliphatic carbocycles. The largest absolute Gasteiger partial charge is 0.0622 e. The first kappa shape index (κ1) is 14.5. The highest BCUT2D eigenvalue weighted by atomic mass is 79.9. The van der Waals surface area contributed by atoms with Gasteiger partial charge in [0, 0.05) is 4.47 Å². The summed E-state index contributed by atoms with van der Waals surface area (Å²) in [4.78, 5) is 0. The van der Waals surface area contributed by atoms with Crippen LogP contribution in [0.15, 0.2) is 71.2 Å². The normalized spacial score (nSPS) is 11.3. The molecule has 0 N–H and O–H groups in total. The van der Waals surface area contributed by atoms with Gasteiger partial charge >= 0.3 is 0 Å². The van der Waals surface area contributed by atoms with Crippen molar-refractivity contribution in [2.24, 2.45) is 0 Å². The Morgan fingerprint density at radius 3 is 1.87 bits per heavy atom. The summed E-state index contributed by atoms with van der Waals surface area (Å²) in [5.74, 6) is 0. The van der Waals surface area contributed by atoms with Crippen LogP contribution < -0.4 is 0 Å². The van der Waals surface area contributed by atoms with Gasteiger partial charge in [-0.05, 0) is 79.6 Å². The maximum atomic E-state index is 3.85. The first-order chi connectivity index (χ1) is 11.2. The minimum Gasteiger partial charge on any atom is -0.0622 e. The molecule has 112 valence electrons. The third kappa shape index (κ3) is 2.27. The van der Waals surface area contributed by atoms with E-state index in [1.807, 2.05) is 0 Å². The Bertz CT molecular complexity index is 1030. The summed E-state index contributed by atoms with van der Waals surface area (Å²) < 4.78 is 1.19. The standard InChI is InChI=1S/C22H17Br/c1-14-12-19-20(13-15(14)2)22(23)18-11-7-6-10-17(18)21(19)16-8-4-3-5-9-16/h3-13H,1-2H3. The molecule has 23 heavy (non-hydrogen) atoms. The third-order valence-electron chi connectivity index (χ3n) is 4.64. The molecule has 0 aromatic heterocycles. The highest BCUT2D eigenvalue weighted by Crippen LogP contribution is 2.42. The summed E-state index contributed by atoms with van der Waals surface area (Å²) in [6.07, 6.45) is 0. The molecule has 0 radical (unpaired) electrons. The van der Waals surface area contributed by atoms with E-state index < -0.39 is 0 Å². The molecule has 0 bridgehead atoms. The topological polar surface area (TPSA) is 0 Å². The van der Waals surface area contributed by atoms with Gasteiger partial charge in [0.25, 0.3) is 0 Å². The zero-order valence-corrected chi connectivity index (χ0v) is 14.8. The van der Waals surface area contributed by atoms with Gasteiger partial charge in [0.1, 0.15) is 0 Å². The minimum atomic E-state index is 1.19. The molecule has 0 atom stereocenters. The Hall–Kier alpha value is -2.12. The lowest BCUT2D eigenvalue weighted by Crippen LogP contribution is -1.90. The summed E-state index contributed by atoms with van der Waals surface area (Å²) in [7, 11) is 0. The smallest absolute Gasteiger partial charge is 0.0332 e. The quantitative estimate of drug-likeness (QED) is 0.319. The summed E-state index contributed by atoms with van der Waals surface area (Å²) in [5.41, 5.74) is 5.25. The monoisotopic (exact) mass is 360 g/mol. The number of rotatable bonds is 1. The van der Waals surface area contributed by atoms with Gasteiger partial charge in [0.2, 0.25) is 0 Å². The molecule has 0 unspecified atom stereocenters. The molecule has 4 rings (SSSR count). The van der Waals surface area contributed by atoms with Gasteiger partial charge in [-0.25, -0.2) is 0 Å². The Balaban J connectivity index is 2.29. The van der Waals surface area contributed by atoms with Crippen molar-refractivity contribution in [3.05, 3.63) is 82.3 Å². The molecule has 0 saturated carbocycles. The van der Waals surface area contributed by atoms with Gasteiger partial charge < -0.3 is 0 Å². The van der Waals surface area contributed by atoms with Gasteiger partial charge in [-0.15, -0.1) is 0 Å². The first-order valence-corrected chi connectivity index (χ1v) is 8.62. The van der Waals surface area contributed by atoms with Crippen molar-refractivity contribution < 1.29 is 0 Å². The van der Waals surface area contributed by atoms with Crippen molar-refractivity contribution in [1.29, 1.82) is 0 Å². The van der Waals surface area contributed by atoms with Crippen LogP contribution in [0.25, 0.3) is 32.7 Å². The molecule has 0 aliphatic rings. The molecule has 0 fully saturated rings. The molecule has 0 aliphatic heterocycles. The molecule has 1 heteroatoms. The van der Waals surface area contributed by atoms with Crippen LogP contribution in [0.4, 0.5) is 0 Å². The number of fused-ring (bicyclic) bond motifs is 2. The second kappa shape index (κ2) is 5.50. The van der Waals surface area contributed by atoms with Gasteiger partial charge in [0.05, 0.1) is 0 Å². The third-order valence-corrected chi connectivity index (χ3v) is 5.49. The van der Waals surface area contributed by atoms with Crippen molar-refractivity contribution in [2.45, 2.75) is 13.8 Å². The van der Waals surface area contributed by atoms with E-state index in [0.717, 1.165) is 0 Å². The predicted octanol–water partition coefficient (Wildman–Crippen LogP) is 7.04. The van der Waals surface area contributed by atoms with Gasteiger partial charge in [-0.2, -0.15) is 0 Å². The fraction of sp³-hybridized carbons (Fsp3) is 0.0909. The molecular weight excluding hydrogens is 344 g/mol. The first-order valence-electron chi connectivity index (χ1n) is 7.83. The number of benzene rings is 4. The van der Waals surface area contributed by atoms with E-state index in [2.05, 4.69) is 96.5 Å². The zero-order chi connectivity index (χ0) is 16.0. The molecule has 4 aromatic carbocycles. The summed E-state index contributed by atoms with van der Waals surface area (Å²) in [6, 6.07) is 24.0. The highest BCUT2D eigenvalue weighted by Gasteiger charge is 2.14. The van der Waals surface area contributed by atoms with Crippen molar-refractivity contribution in [3.63, 3.8) is 0 Å². The van der Waals surface area contributed by atoms with Crippen LogP contribution in [0, 0.1) is 13.8 Å². The lowest BCUT2D eigenvalue weighted by atomic mass is 9.90. The van der Waals surface area contributed by atoms with Crippen molar-refractivity contribution in [2.75, 3.05) is 0 Å². The Labute approximate surface area is 144 Å². The van der Waals surface area contributed by atoms with Crippen LogP contribution in [0.5, 0.6) is 0 Å². The number of aryl methyl sites for hydroxylation is 2. The lowest BCUT2D eigenvalue weighted by molar-refractivity contribution is 1.37. The highest BCUT2D eigenvalue weighted by molar-refractivity contribution is 9.10. The molecule has 0 nitrogen and oxygen atoms in total. The maximum absolute atomic E-state index is 3.85. The molecule has 0 amide bonds. The predicted molar refractivity (Wildman–Crippen MR) is 104 cm³/mol. The van der Waals surface area contributed by atoms with E-state index in [4.69, 9.17) is 0 Å². The van der Waals surface area contributed by atoms with E-state index in [9.17, 15) is 0 Å². The van der Waals surface area contributed by atoms with Crippen LogP contribution in [0.1, 0.15) is 11.1 Å². The van der Waals surface area contributed by atoms with Gasteiger partial charge in [-0.3, -0.25) is 0 Å². The average molecular weight is 361 g/mol. The van der Waals surface area contributed by atoms with Crippen molar-refractivity contribution in [3.8, 4) is 11.1 Å². The van der Waals surface area contributed by atoms with Gasteiger partial charge in [-0.1, -0.05) is 60.7 Å². The molecule has 0 saturated heterocycles. The molecule has 0 spiro atoms. The SMILES string of the molecule is Cc1cc2c(Br)c3ccccc3c(-c3ccccc3)c2cc1C. The van der Waals surface area contributed by atoms with Crippen LogP contribution in [-0.4, -0.2) is 0 Å². The summed E-state index contributed by atoms with van der Waals surface area (Å²) in [5, 5.41) is 5.15. The van der Waals surface area contributed by atoms with E-state index in [0.29, 0.717) is 0 Å². The molecule has 4 aromatic rings. The van der Waals surface area contributed by atoms with Crippen molar-refractivity contribution in [1.82, 2.24) is 0 Å². The second-order valence-electron chi connectivity index (χ2n) is 6.08. The van der Waals surface area contributed by atoms with E-state index in [-0.39, 0.29) is 0 Å². The number of halogens is 1. The van der Waals surface area contributed by atoms with Crippen LogP contribution in [-0.2, 0) is 0 Å². The second-order valence-corrected chi connectivity index (χ2v) is 6.88. The van der Waals surface area contributed by atoms with Gasteiger partial charge in [0.15, 0.2) is 0 Å². The van der Waals surface area contributed by atoms with E-state index >= 15 is 0 Å². The molecular formula is C22H17Br. The van der Waals surface area contributed by atoms with Crippen LogP contribution in [0.3, 0.4) is 0 Å². The fourth-order valence-electron chi connectivity index (χ4n) is 3.30. The lowest BCUT2D eigenvalue weighted by Gasteiger charge is -2.16. The van der Waals surface area contributed by atoms with E-state index in [1.54, 1.807) is 0 Å². The Morgan fingerprint density at radius 1 is 0.609 bits per heavy atom. The number of hydrogen-bond acceptors (Lipinski definition) is 0. The minimum absolute atomic E-state index is 1.19.